The average molecular weight is 439 g/mol. The maximum Gasteiger partial charge on any atom is 0.319 e. The Balaban J connectivity index is 1.49. The van der Waals surface area contributed by atoms with E-state index in [-0.39, 0.29) is 35.8 Å². The van der Waals surface area contributed by atoms with Crippen molar-refractivity contribution < 1.29 is 23.2 Å². The number of furan rings is 1. The number of hydrogen-bond donors (Lipinski definition) is 4. The topological polar surface area (TPSA) is 125 Å². The van der Waals surface area contributed by atoms with E-state index in [1.54, 1.807) is 19.2 Å². The van der Waals surface area contributed by atoms with Gasteiger partial charge in [-0.25, -0.2) is 14.2 Å². The van der Waals surface area contributed by atoms with Crippen LogP contribution in [-0.4, -0.2) is 29.4 Å². The lowest BCUT2D eigenvalue weighted by atomic mass is 10.2. The number of carbonyl (C=O) groups is 3. The molecule has 2 aromatic heterocycles. The number of anilines is 3. The summed E-state index contributed by atoms with van der Waals surface area (Å²) < 4.78 is 19.2. The fourth-order valence-corrected chi connectivity index (χ4v) is 2.72. The summed E-state index contributed by atoms with van der Waals surface area (Å²) in [4.78, 5) is 40.3. The van der Waals surface area contributed by atoms with Crippen LogP contribution < -0.4 is 21.3 Å². The summed E-state index contributed by atoms with van der Waals surface area (Å²) in [7, 11) is 0. The number of nitrogens with one attached hydrogen (secondary N) is 4. The number of rotatable bonds is 7. The monoisotopic (exact) mass is 439 g/mol. The number of urea groups is 1. The maximum absolute atomic E-state index is 14.1. The number of halogens is 1. The van der Waals surface area contributed by atoms with E-state index >= 15 is 0 Å². The molecule has 4 amide bonds. The van der Waals surface area contributed by atoms with E-state index in [0.29, 0.717) is 11.6 Å². The second-order valence-corrected chi connectivity index (χ2v) is 6.94. The minimum absolute atomic E-state index is 0.0394. The summed E-state index contributed by atoms with van der Waals surface area (Å²) in [6, 6.07) is 8.16. The molecule has 3 aromatic rings. The van der Waals surface area contributed by atoms with Crippen molar-refractivity contribution in [3.05, 3.63) is 71.6 Å². The first-order chi connectivity index (χ1) is 15.3. The third-order valence-electron chi connectivity index (χ3n) is 4.39. The predicted molar refractivity (Wildman–Crippen MR) is 117 cm³/mol. The smallest absolute Gasteiger partial charge is 0.319 e. The van der Waals surface area contributed by atoms with Crippen LogP contribution in [0.5, 0.6) is 0 Å². The highest BCUT2D eigenvalue weighted by atomic mass is 19.1. The van der Waals surface area contributed by atoms with Gasteiger partial charge < -0.3 is 25.7 Å². The van der Waals surface area contributed by atoms with Crippen molar-refractivity contribution in [1.82, 2.24) is 10.3 Å². The van der Waals surface area contributed by atoms with Crippen LogP contribution in [0.1, 0.15) is 28.1 Å². The van der Waals surface area contributed by atoms with Crippen LogP contribution in [0, 0.1) is 19.7 Å². The van der Waals surface area contributed by atoms with Crippen molar-refractivity contribution in [3.63, 3.8) is 0 Å². The Hall–Kier alpha value is -4.21. The second-order valence-electron chi connectivity index (χ2n) is 6.94. The highest BCUT2D eigenvalue weighted by molar-refractivity contribution is 6.05. The van der Waals surface area contributed by atoms with Crippen LogP contribution in [0.2, 0.25) is 0 Å². The number of benzene rings is 1. The standard InChI is InChI=1S/C22H22FN5O4/c1-13-3-6-19(25-12-13)28-20(29)7-9-24-22(31)26-15-4-5-17(23)18(11-15)27-21(30)16-8-10-32-14(16)2/h3-6,8,10-12H,7,9H2,1-2H3,(H,27,30)(H2,24,26,31)(H,25,28,29). The van der Waals surface area contributed by atoms with Gasteiger partial charge in [-0.15, -0.1) is 0 Å². The Labute approximate surface area is 183 Å². The molecule has 4 N–H and O–H groups in total. The zero-order valence-electron chi connectivity index (χ0n) is 17.5. The largest absolute Gasteiger partial charge is 0.469 e. The Morgan fingerprint density at radius 3 is 2.53 bits per heavy atom. The molecular weight excluding hydrogens is 417 g/mol. The van der Waals surface area contributed by atoms with E-state index in [2.05, 4.69) is 26.3 Å². The third-order valence-corrected chi connectivity index (χ3v) is 4.39. The zero-order chi connectivity index (χ0) is 23.1. The lowest BCUT2D eigenvalue weighted by molar-refractivity contribution is -0.116. The van der Waals surface area contributed by atoms with Gasteiger partial charge in [-0.1, -0.05) is 6.07 Å². The fraction of sp³-hybridized carbons (Fsp3) is 0.182. The SMILES string of the molecule is Cc1ccc(NC(=O)CCNC(=O)Nc2ccc(F)c(NC(=O)c3ccoc3C)c2)nc1. The van der Waals surface area contributed by atoms with E-state index in [4.69, 9.17) is 4.42 Å². The fourth-order valence-electron chi connectivity index (χ4n) is 2.72. The quantitative estimate of drug-likeness (QED) is 0.445. The van der Waals surface area contributed by atoms with Gasteiger partial charge in [0.2, 0.25) is 5.91 Å². The summed E-state index contributed by atoms with van der Waals surface area (Å²) in [5.74, 6) is -0.670. The summed E-state index contributed by atoms with van der Waals surface area (Å²) in [6.07, 6.45) is 3.04. The predicted octanol–water partition coefficient (Wildman–Crippen LogP) is 3.83. The van der Waals surface area contributed by atoms with Crippen LogP contribution >= 0.6 is 0 Å². The number of nitrogens with zero attached hydrogens (tertiary/aromatic N) is 1. The van der Waals surface area contributed by atoms with Crippen LogP contribution in [0.4, 0.5) is 26.4 Å². The van der Waals surface area contributed by atoms with E-state index in [1.165, 1.54) is 24.5 Å². The molecule has 9 nitrogen and oxygen atoms in total. The number of hydrogen-bond acceptors (Lipinski definition) is 5. The van der Waals surface area contributed by atoms with E-state index < -0.39 is 17.8 Å². The minimum atomic E-state index is -0.660. The molecule has 32 heavy (non-hydrogen) atoms. The van der Waals surface area contributed by atoms with E-state index in [1.807, 2.05) is 13.0 Å². The highest BCUT2D eigenvalue weighted by Gasteiger charge is 2.14. The molecule has 0 atom stereocenters. The van der Waals surface area contributed by atoms with E-state index in [0.717, 1.165) is 11.6 Å². The summed E-state index contributed by atoms with van der Waals surface area (Å²) in [6.45, 7) is 3.58. The normalized spacial score (nSPS) is 10.3. The molecule has 0 saturated heterocycles. The Morgan fingerprint density at radius 1 is 1.03 bits per heavy atom. The van der Waals surface area contributed by atoms with Crippen molar-refractivity contribution in [1.29, 1.82) is 0 Å². The summed E-state index contributed by atoms with van der Waals surface area (Å²) >= 11 is 0. The number of aryl methyl sites for hydroxylation is 2. The Bertz CT molecular complexity index is 1130. The van der Waals surface area contributed by atoms with Gasteiger partial charge in [0.1, 0.15) is 17.4 Å². The van der Waals surface area contributed by atoms with Gasteiger partial charge in [0.15, 0.2) is 0 Å². The third kappa shape index (κ3) is 6.14. The number of pyridine rings is 1. The molecule has 0 unspecified atom stereocenters. The lowest BCUT2D eigenvalue weighted by Gasteiger charge is -2.11. The Morgan fingerprint density at radius 2 is 1.84 bits per heavy atom. The van der Waals surface area contributed by atoms with Gasteiger partial charge in [0.05, 0.1) is 17.5 Å². The van der Waals surface area contributed by atoms with Crippen LogP contribution in [0.25, 0.3) is 0 Å². The van der Waals surface area contributed by atoms with Crippen molar-refractivity contribution in [2.75, 3.05) is 22.5 Å². The second kappa shape index (κ2) is 10.2. The van der Waals surface area contributed by atoms with Crippen molar-refractivity contribution in [2.24, 2.45) is 0 Å². The first-order valence-corrected chi connectivity index (χ1v) is 9.74. The molecule has 0 aliphatic rings. The molecule has 0 aliphatic heterocycles. The van der Waals surface area contributed by atoms with Gasteiger partial charge in [0, 0.05) is 24.8 Å². The van der Waals surface area contributed by atoms with Crippen LogP contribution in [0.3, 0.4) is 0 Å². The van der Waals surface area contributed by atoms with Gasteiger partial charge in [-0.05, 0) is 49.7 Å². The molecule has 3 rings (SSSR count). The zero-order valence-corrected chi connectivity index (χ0v) is 17.5. The minimum Gasteiger partial charge on any atom is -0.469 e. The van der Waals surface area contributed by atoms with Gasteiger partial charge in [-0.3, -0.25) is 9.59 Å². The molecule has 2 heterocycles. The Kier molecular flexibility index (Phi) is 7.17. The average Bonchev–Trinajstić information content (AvgIpc) is 3.18. The van der Waals surface area contributed by atoms with Gasteiger partial charge in [0.25, 0.3) is 5.91 Å². The highest BCUT2D eigenvalue weighted by Crippen LogP contribution is 2.21. The summed E-state index contributed by atoms with van der Waals surface area (Å²) in [5.41, 5.74) is 1.41. The molecule has 10 heteroatoms. The number of carbonyl (C=O) groups excluding carboxylic acids is 3. The summed E-state index contributed by atoms with van der Waals surface area (Å²) in [5, 5.41) is 10.1. The van der Waals surface area contributed by atoms with Crippen LogP contribution in [-0.2, 0) is 4.79 Å². The first-order valence-electron chi connectivity index (χ1n) is 9.74. The van der Waals surface area contributed by atoms with Gasteiger partial charge in [-0.2, -0.15) is 0 Å². The lowest BCUT2D eigenvalue weighted by Crippen LogP contribution is -2.31. The maximum atomic E-state index is 14.1. The van der Waals surface area contributed by atoms with Crippen molar-refractivity contribution >= 4 is 35.0 Å². The molecule has 0 fully saturated rings. The first kappa shape index (κ1) is 22.5. The molecule has 0 saturated carbocycles. The van der Waals surface area contributed by atoms with Crippen molar-refractivity contribution in [2.45, 2.75) is 20.3 Å². The molecular formula is C22H22FN5O4. The van der Waals surface area contributed by atoms with E-state index in [9.17, 15) is 18.8 Å². The van der Waals surface area contributed by atoms with Crippen molar-refractivity contribution in [3.8, 4) is 0 Å². The molecule has 0 bridgehead atoms. The number of aromatic nitrogens is 1. The molecule has 1 aromatic carbocycles. The molecule has 0 spiro atoms. The molecule has 0 radical (unpaired) electrons. The number of amides is 4. The molecule has 0 aliphatic carbocycles. The molecule has 166 valence electrons. The van der Waals surface area contributed by atoms with Crippen LogP contribution in [0.15, 0.2) is 53.3 Å². The van der Waals surface area contributed by atoms with Gasteiger partial charge >= 0.3 is 6.03 Å².